The number of halogens is 2. The summed E-state index contributed by atoms with van der Waals surface area (Å²) in [5, 5.41) is 0.752. The molecule has 2 fully saturated rings. The number of nitrogens with two attached hydrogens (primary N) is 1. The predicted octanol–water partition coefficient (Wildman–Crippen LogP) is 3.10. The lowest BCUT2D eigenvalue weighted by Crippen LogP contribution is -2.49. The van der Waals surface area contributed by atoms with Gasteiger partial charge in [-0.05, 0) is 38.8 Å². The van der Waals surface area contributed by atoms with Crippen LogP contribution in [0.25, 0.3) is 5.69 Å². The van der Waals surface area contributed by atoms with E-state index in [1.165, 1.54) is 4.57 Å². The van der Waals surface area contributed by atoms with Crippen molar-refractivity contribution in [3.05, 3.63) is 50.0 Å². The predicted molar refractivity (Wildman–Crippen MR) is 112 cm³/mol. The van der Waals surface area contributed by atoms with Gasteiger partial charge in [-0.3, -0.25) is 9.36 Å². The lowest BCUT2D eigenvalue weighted by atomic mass is 9.75. The van der Waals surface area contributed by atoms with Crippen molar-refractivity contribution < 1.29 is 4.74 Å². The van der Waals surface area contributed by atoms with Gasteiger partial charge in [0, 0.05) is 24.5 Å². The second-order valence-electron chi connectivity index (χ2n) is 7.79. The minimum atomic E-state index is -0.132. The zero-order valence-corrected chi connectivity index (χ0v) is 17.6. The highest BCUT2D eigenvalue weighted by Crippen LogP contribution is 2.39. The molecule has 0 amide bonds. The zero-order chi connectivity index (χ0) is 20.1. The minimum Gasteiger partial charge on any atom is -0.379 e. The molecule has 2 aromatic rings. The lowest BCUT2D eigenvalue weighted by molar-refractivity contribution is 0.131. The Morgan fingerprint density at radius 3 is 2.61 bits per heavy atom. The van der Waals surface area contributed by atoms with Gasteiger partial charge in [-0.2, -0.15) is 0 Å². The third-order valence-corrected chi connectivity index (χ3v) is 6.96. The van der Waals surface area contributed by atoms with Crippen molar-refractivity contribution in [2.24, 2.45) is 11.1 Å². The second-order valence-corrected chi connectivity index (χ2v) is 8.58. The molecular weight excluding hydrogens is 399 g/mol. The van der Waals surface area contributed by atoms with Gasteiger partial charge in [-0.1, -0.05) is 29.3 Å². The zero-order valence-electron chi connectivity index (χ0n) is 16.0. The number of rotatable bonds is 2. The Morgan fingerprint density at radius 2 is 1.96 bits per heavy atom. The molecule has 0 unspecified atom stereocenters. The molecule has 0 bridgehead atoms. The van der Waals surface area contributed by atoms with Crippen LogP contribution in [0, 0.1) is 19.3 Å². The molecule has 2 saturated heterocycles. The first-order chi connectivity index (χ1) is 13.3. The number of piperidine rings is 1. The van der Waals surface area contributed by atoms with Crippen molar-refractivity contribution >= 4 is 29.0 Å². The number of aryl methyl sites for hydroxylation is 1. The largest absolute Gasteiger partial charge is 0.379 e. The molecule has 2 N–H and O–H groups in total. The maximum atomic E-state index is 13.2. The van der Waals surface area contributed by atoms with E-state index in [4.69, 9.17) is 38.7 Å². The number of anilines is 1. The Morgan fingerprint density at radius 1 is 1.25 bits per heavy atom. The summed E-state index contributed by atoms with van der Waals surface area (Å²) in [4.78, 5) is 20.1. The number of hydrogen-bond acceptors (Lipinski definition) is 5. The molecule has 2 aliphatic rings. The molecule has 8 heteroatoms. The van der Waals surface area contributed by atoms with E-state index in [9.17, 15) is 4.79 Å². The maximum Gasteiger partial charge on any atom is 0.263 e. The average molecular weight is 423 g/mol. The molecule has 3 heterocycles. The van der Waals surface area contributed by atoms with Crippen molar-refractivity contribution in [3.8, 4) is 5.69 Å². The summed E-state index contributed by atoms with van der Waals surface area (Å²) in [5.41, 5.74) is 7.36. The van der Waals surface area contributed by atoms with Crippen molar-refractivity contribution in [1.29, 1.82) is 0 Å². The quantitative estimate of drug-likeness (QED) is 0.804. The van der Waals surface area contributed by atoms with E-state index >= 15 is 0 Å². The summed E-state index contributed by atoms with van der Waals surface area (Å²) in [7, 11) is 0. The van der Waals surface area contributed by atoms with Gasteiger partial charge in [0.05, 0.1) is 34.5 Å². The molecule has 1 aromatic carbocycles. The SMILES string of the molecule is Cc1c(N2CCC3(CC2)COC[C@H]3N)nc(C)n(-c2cccc(Cl)c2Cl)c1=O. The fraction of sp³-hybridized carbons (Fsp3) is 0.500. The van der Waals surface area contributed by atoms with Crippen LogP contribution in [0.3, 0.4) is 0 Å². The molecular formula is C20H24Cl2N4O2. The van der Waals surface area contributed by atoms with Gasteiger partial charge in [0.25, 0.3) is 5.56 Å². The normalized spacial score (nSPS) is 21.5. The van der Waals surface area contributed by atoms with Crippen LogP contribution < -0.4 is 16.2 Å². The minimum absolute atomic E-state index is 0.0583. The number of ether oxygens (including phenoxy) is 1. The Labute approximate surface area is 174 Å². The van der Waals surface area contributed by atoms with E-state index in [-0.39, 0.29) is 17.0 Å². The lowest BCUT2D eigenvalue weighted by Gasteiger charge is -2.41. The third kappa shape index (κ3) is 3.12. The highest BCUT2D eigenvalue weighted by atomic mass is 35.5. The summed E-state index contributed by atoms with van der Waals surface area (Å²) >= 11 is 12.5. The highest BCUT2D eigenvalue weighted by Gasteiger charge is 2.44. The summed E-state index contributed by atoms with van der Waals surface area (Å²) in [6.45, 7) is 6.61. The average Bonchev–Trinajstić information content (AvgIpc) is 3.02. The van der Waals surface area contributed by atoms with Crippen LogP contribution in [0.2, 0.25) is 10.0 Å². The van der Waals surface area contributed by atoms with E-state index in [1.54, 1.807) is 18.2 Å². The summed E-state index contributed by atoms with van der Waals surface area (Å²) < 4.78 is 7.13. The Hall–Kier alpha value is -1.60. The van der Waals surface area contributed by atoms with Crippen LogP contribution in [0.5, 0.6) is 0 Å². The molecule has 2 aliphatic heterocycles. The first-order valence-electron chi connectivity index (χ1n) is 9.47. The van der Waals surface area contributed by atoms with Crippen LogP contribution in [0.4, 0.5) is 5.82 Å². The fourth-order valence-electron chi connectivity index (χ4n) is 4.31. The van der Waals surface area contributed by atoms with Gasteiger partial charge in [0.15, 0.2) is 0 Å². The van der Waals surface area contributed by atoms with Crippen LogP contribution in [0.15, 0.2) is 23.0 Å². The van der Waals surface area contributed by atoms with E-state index in [0.717, 1.165) is 38.4 Å². The number of nitrogens with zero attached hydrogens (tertiary/aromatic N) is 3. The molecule has 0 aliphatic carbocycles. The van der Waals surface area contributed by atoms with Crippen LogP contribution in [-0.2, 0) is 4.74 Å². The summed E-state index contributed by atoms with van der Waals surface area (Å²) in [6.07, 6.45) is 1.88. The fourth-order valence-corrected chi connectivity index (χ4v) is 4.69. The van der Waals surface area contributed by atoms with Gasteiger partial charge < -0.3 is 15.4 Å². The van der Waals surface area contributed by atoms with Crippen molar-refractivity contribution in [2.75, 3.05) is 31.2 Å². The molecule has 1 aromatic heterocycles. The van der Waals surface area contributed by atoms with Crippen molar-refractivity contribution in [1.82, 2.24) is 9.55 Å². The topological polar surface area (TPSA) is 73.4 Å². The number of benzene rings is 1. The number of aromatic nitrogens is 2. The summed E-state index contributed by atoms with van der Waals surface area (Å²) in [6, 6.07) is 5.33. The molecule has 4 rings (SSSR count). The Bertz CT molecular complexity index is 967. The molecule has 28 heavy (non-hydrogen) atoms. The second kappa shape index (κ2) is 7.34. The van der Waals surface area contributed by atoms with E-state index in [0.29, 0.717) is 33.7 Å². The van der Waals surface area contributed by atoms with Crippen molar-refractivity contribution in [3.63, 3.8) is 0 Å². The standard InChI is InChI=1S/C20H24Cl2N4O2/c1-12-18(25-8-6-20(7-9-25)11-28-10-16(20)23)24-13(2)26(19(12)27)15-5-3-4-14(21)17(15)22/h3-5,16H,6-11,23H2,1-2H3/t16-/m1/s1. The van der Waals surface area contributed by atoms with Gasteiger partial charge in [0.2, 0.25) is 0 Å². The smallest absolute Gasteiger partial charge is 0.263 e. The van der Waals surface area contributed by atoms with Gasteiger partial charge in [0.1, 0.15) is 11.6 Å². The maximum absolute atomic E-state index is 13.2. The third-order valence-electron chi connectivity index (χ3n) is 6.15. The van der Waals surface area contributed by atoms with Crippen LogP contribution in [0.1, 0.15) is 24.2 Å². The Kier molecular flexibility index (Phi) is 5.16. The van der Waals surface area contributed by atoms with Crippen molar-refractivity contribution in [2.45, 2.75) is 32.7 Å². The molecule has 0 radical (unpaired) electrons. The van der Waals surface area contributed by atoms with Gasteiger partial charge in [-0.25, -0.2) is 4.98 Å². The van der Waals surface area contributed by atoms with Gasteiger partial charge >= 0.3 is 0 Å². The Balaban J connectivity index is 1.68. The molecule has 1 spiro atoms. The van der Waals surface area contributed by atoms with Crippen LogP contribution in [-0.4, -0.2) is 41.9 Å². The summed E-state index contributed by atoms with van der Waals surface area (Å²) in [5.74, 6) is 1.31. The molecule has 150 valence electrons. The molecule has 1 atom stereocenters. The van der Waals surface area contributed by atoms with Crippen LogP contribution >= 0.6 is 23.2 Å². The van der Waals surface area contributed by atoms with E-state index in [2.05, 4.69) is 4.90 Å². The van der Waals surface area contributed by atoms with Gasteiger partial charge in [-0.15, -0.1) is 0 Å². The van der Waals surface area contributed by atoms with E-state index < -0.39 is 0 Å². The number of hydrogen-bond donors (Lipinski definition) is 1. The highest BCUT2D eigenvalue weighted by molar-refractivity contribution is 6.43. The molecule has 6 nitrogen and oxygen atoms in total. The van der Waals surface area contributed by atoms with E-state index in [1.807, 2.05) is 13.8 Å². The molecule has 0 saturated carbocycles. The first-order valence-corrected chi connectivity index (χ1v) is 10.2. The monoisotopic (exact) mass is 422 g/mol. The first kappa shape index (κ1) is 19.7.